The van der Waals surface area contributed by atoms with Crippen LogP contribution in [0.1, 0.15) is 38.2 Å². The molecule has 1 saturated carbocycles. The third-order valence-electron chi connectivity index (χ3n) is 4.11. The Morgan fingerprint density at radius 3 is 2.53 bits per heavy atom. The van der Waals surface area contributed by atoms with Crippen molar-refractivity contribution in [3.63, 3.8) is 0 Å². The second kappa shape index (κ2) is 5.55. The van der Waals surface area contributed by atoms with E-state index in [-0.39, 0.29) is 11.6 Å². The summed E-state index contributed by atoms with van der Waals surface area (Å²) in [5.74, 6) is 0.0997. The van der Waals surface area contributed by atoms with Gasteiger partial charge in [0.2, 0.25) is 0 Å². The van der Waals surface area contributed by atoms with Gasteiger partial charge in [0.05, 0.1) is 0 Å². The van der Waals surface area contributed by atoms with Crippen molar-refractivity contribution in [2.24, 2.45) is 5.41 Å². The van der Waals surface area contributed by atoms with Crippen molar-refractivity contribution in [2.45, 2.75) is 39.5 Å². The highest BCUT2D eigenvalue weighted by molar-refractivity contribution is 6.07. The molecule has 19 heavy (non-hydrogen) atoms. The maximum Gasteiger partial charge on any atom is 0.148 e. The number of aryl methyl sites for hydroxylation is 1. The largest absolute Gasteiger partial charge is 0.384 e. The van der Waals surface area contributed by atoms with E-state index in [0.717, 1.165) is 18.5 Å². The van der Waals surface area contributed by atoms with Crippen LogP contribution in [0.25, 0.3) is 0 Å². The maximum absolute atomic E-state index is 12.2. The molecule has 0 bridgehead atoms. The zero-order valence-electron chi connectivity index (χ0n) is 11.7. The third kappa shape index (κ3) is 2.86. The molecule has 1 unspecified atom stereocenters. The molecule has 3 heteroatoms. The van der Waals surface area contributed by atoms with Crippen LogP contribution in [0.15, 0.2) is 24.3 Å². The van der Waals surface area contributed by atoms with Gasteiger partial charge in [0.1, 0.15) is 17.0 Å². The van der Waals surface area contributed by atoms with E-state index in [0.29, 0.717) is 19.4 Å². The Balaban J connectivity index is 2.11. The lowest BCUT2D eigenvalue weighted by molar-refractivity contribution is -0.141. The molecule has 1 aliphatic rings. The summed E-state index contributed by atoms with van der Waals surface area (Å²) in [5, 5.41) is 3.25. The smallest absolute Gasteiger partial charge is 0.148 e. The Kier molecular flexibility index (Phi) is 4.03. The van der Waals surface area contributed by atoms with Gasteiger partial charge in [-0.3, -0.25) is 9.59 Å². The predicted octanol–water partition coefficient (Wildman–Crippen LogP) is 3.13. The number of carbonyl (C=O) groups is 2. The molecule has 102 valence electrons. The fourth-order valence-corrected chi connectivity index (χ4v) is 2.70. The first-order valence-electron chi connectivity index (χ1n) is 6.89. The van der Waals surface area contributed by atoms with Crippen molar-refractivity contribution >= 4 is 17.3 Å². The predicted molar refractivity (Wildman–Crippen MR) is 76.3 cm³/mol. The van der Waals surface area contributed by atoms with Gasteiger partial charge < -0.3 is 5.32 Å². The summed E-state index contributed by atoms with van der Waals surface area (Å²) < 4.78 is 0. The standard InChI is InChI=1S/C16H21NO2/c1-12-6-8-14(9-7-12)17-11-16(13(2)18)10-4-3-5-15(16)19/h6-9,17H,3-5,10-11H2,1-2H3. The molecule has 0 amide bonds. The van der Waals surface area contributed by atoms with E-state index in [9.17, 15) is 9.59 Å². The molecular weight excluding hydrogens is 238 g/mol. The highest BCUT2D eigenvalue weighted by atomic mass is 16.2. The van der Waals surface area contributed by atoms with Crippen molar-refractivity contribution in [3.8, 4) is 0 Å². The zero-order chi connectivity index (χ0) is 13.9. The highest BCUT2D eigenvalue weighted by Crippen LogP contribution is 2.34. The van der Waals surface area contributed by atoms with Crippen LogP contribution in [0.4, 0.5) is 5.69 Å². The Morgan fingerprint density at radius 2 is 1.95 bits per heavy atom. The zero-order valence-corrected chi connectivity index (χ0v) is 11.7. The number of nitrogens with one attached hydrogen (secondary N) is 1. The Bertz CT molecular complexity index is 478. The number of rotatable bonds is 4. The molecule has 1 aromatic carbocycles. The van der Waals surface area contributed by atoms with E-state index in [1.165, 1.54) is 5.56 Å². The Labute approximate surface area is 114 Å². The molecule has 1 aliphatic carbocycles. The molecule has 1 atom stereocenters. The van der Waals surface area contributed by atoms with Crippen LogP contribution in [0.5, 0.6) is 0 Å². The van der Waals surface area contributed by atoms with Crippen molar-refractivity contribution in [1.29, 1.82) is 0 Å². The molecule has 1 N–H and O–H groups in total. The van der Waals surface area contributed by atoms with Crippen LogP contribution in [0.2, 0.25) is 0 Å². The number of anilines is 1. The number of hydrogen-bond acceptors (Lipinski definition) is 3. The fraction of sp³-hybridized carbons (Fsp3) is 0.500. The van der Waals surface area contributed by atoms with Gasteiger partial charge in [-0.1, -0.05) is 24.1 Å². The average molecular weight is 259 g/mol. The van der Waals surface area contributed by atoms with E-state index < -0.39 is 5.41 Å². The molecule has 0 spiro atoms. The molecule has 0 aliphatic heterocycles. The summed E-state index contributed by atoms with van der Waals surface area (Å²) in [5.41, 5.74) is 1.36. The molecule has 2 rings (SSSR count). The van der Waals surface area contributed by atoms with Gasteiger partial charge in [-0.25, -0.2) is 0 Å². The van der Waals surface area contributed by atoms with Gasteiger partial charge in [0.15, 0.2) is 0 Å². The van der Waals surface area contributed by atoms with Gasteiger partial charge in [-0.05, 0) is 38.8 Å². The summed E-state index contributed by atoms with van der Waals surface area (Å²) in [6, 6.07) is 8.00. The van der Waals surface area contributed by atoms with E-state index >= 15 is 0 Å². The summed E-state index contributed by atoms with van der Waals surface area (Å²) in [6.45, 7) is 4.00. The molecule has 0 aromatic heterocycles. The van der Waals surface area contributed by atoms with Crippen LogP contribution in [0, 0.1) is 12.3 Å². The Morgan fingerprint density at radius 1 is 1.26 bits per heavy atom. The van der Waals surface area contributed by atoms with E-state index in [1.807, 2.05) is 31.2 Å². The van der Waals surface area contributed by atoms with E-state index in [4.69, 9.17) is 0 Å². The molecule has 0 radical (unpaired) electrons. The first kappa shape index (κ1) is 13.8. The third-order valence-corrected chi connectivity index (χ3v) is 4.11. The lowest BCUT2D eigenvalue weighted by Gasteiger charge is -2.33. The van der Waals surface area contributed by atoms with Gasteiger partial charge in [0, 0.05) is 18.7 Å². The monoisotopic (exact) mass is 259 g/mol. The average Bonchev–Trinajstić information content (AvgIpc) is 2.39. The minimum absolute atomic E-state index is 0.00295. The van der Waals surface area contributed by atoms with Gasteiger partial charge in [-0.15, -0.1) is 0 Å². The first-order valence-corrected chi connectivity index (χ1v) is 6.89. The van der Waals surface area contributed by atoms with E-state index in [1.54, 1.807) is 6.92 Å². The van der Waals surface area contributed by atoms with Crippen molar-refractivity contribution in [3.05, 3.63) is 29.8 Å². The maximum atomic E-state index is 12.2. The van der Waals surface area contributed by atoms with Gasteiger partial charge in [-0.2, -0.15) is 0 Å². The quantitative estimate of drug-likeness (QED) is 0.845. The second-order valence-corrected chi connectivity index (χ2v) is 5.49. The highest BCUT2D eigenvalue weighted by Gasteiger charge is 2.43. The Hall–Kier alpha value is -1.64. The molecule has 3 nitrogen and oxygen atoms in total. The minimum Gasteiger partial charge on any atom is -0.384 e. The van der Waals surface area contributed by atoms with Crippen molar-refractivity contribution < 1.29 is 9.59 Å². The van der Waals surface area contributed by atoms with E-state index in [2.05, 4.69) is 5.32 Å². The normalized spacial score (nSPS) is 23.2. The lowest BCUT2D eigenvalue weighted by Crippen LogP contribution is -2.45. The molecule has 1 aromatic rings. The van der Waals surface area contributed by atoms with Gasteiger partial charge in [0.25, 0.3) is 0 Å². The van der Waals surface area contributed by atoms with Gasteiger partial charge >= 0.3 is 0 Å². The molecule has 0 heterocycles. The van der Waals surface area contributed by atoms with Crippen molar-refractivity contribution in [2.75, 3.05) is 11.9 Å². The number of benzene rings is 1. The van der Waals surface area contributed by atoms with Crippen LogP contribution < -0.4 is 5.32 Å². The second-order valence-electron chi connectivity index (χ2n) is 5.49. The van der Waals surface area contributed by atoms with Crippen LogP contribution in [0.3, 0.4) is 0 Å². The summed E-state index contributed by atoms with van der Waals surface area (Å²) in [7, 11) is 0. The van der Waals surface area contributed by atoms with Crippen LogP contribution in [-0.4, -0.2) is 18.1 Å². The topological polar surface area (TPSA) is 46.2 Å². The molecule has 0 saturated heterocycles. The first-order chi connectivity index (χ1) is 9.04. The van der Waals surface area contributed by atoms with Crippen LogP contribution >= 0.6 is 0 Å². The van der Waals surface area contributed by atoms with Crippen LogP contribution in [-0.2, 0) is 9.59 Å². The summed E-state index contributed by atoms with van der Waals surface area (Å²) in [4.78, 5) is 24.1. The SMILES string of the molecule is CC(=O)C1(CNc2ccc(C)cc2)CCCCC1=O. The lowest BCUT2D eigenvalue weighted by atomic mass is 9.70. The summed E-state index contributed by atoms with van der Waals surface area (Å²) >= 11 is 0. The minimum atomic E-state index is -0.802. The molecular formula is C16H21NO2. The van der Waals surface area contributed by atoms with Crippen molar-refractivity contribution in [1.82, 2.24) is 0 Å². The fourth-order valence-electron chi connectivity index (χ4n) is 2.70. The molecule has 1 fully saturated rings. The summed E-state index contributed by atoms with van der Waals surface area (Å²) in [6.07, 6.45) is 3.09. The number of ketones is 2. The number of hydrogen-bond donors (Lipinski definition) is 1. The number of carbonyl (C=O) groups excluding carboxylic acids is 2. The number of Topliss-reactive ketones (excluding diaryl/α,β-unsaturated/α-hetero) is 2.